The maximum atomic E-state index is 11.9. The number of nitro groups is 1. The van der Waals surface area contributed by atoms with Crippen LogP contribution >= 0.6 is 23.4 Å². The van der Waals surface area contributed by atoms with E-state index in [2.05, 4.69) is 5.43 Å². The van der Waals surface area contributed by atoms with Gasteiger partial charge in [0.2, 0.25) is 6.54 Å². The van der Waals surface area contributed by atoms with E-state index in [0.717, 1.165) is 4.53 Å². The summed E-state index contributed by atoms with van der Waals surface area (Å²) in [5.74, 6) is -0.531. The number of hydrazine groups is 1. The van der Waals surface area contributed by atoms with Crippen molar-refractivity contribution < 1.29 is 9.72 Å². The van der Waals surface area contributed by atoms with Gasteiger partial charge in [0.1, 0.15) is 5.54 Å². The van der Waals surface area contributed by atoms with Crippen LogP contribution in [0.5, 0.6) is 0 Å². The number of nitrogens with one attached hydrogen (secondary N) is 1. The molecule has 104 valence electrons. The van der Waals surface area contributed by atoms with Crippen LogP contribution in [0.15, 0.2) is 24.3 Å². The summed E-state index contributed by atoms with van der Waals surface area (Å²) in [5, 5.41) is 10.8. The first-order valence-corrected chi connectivity index (χ1v) is 6.09. The molecule has 0 aliphatic carbocycles. The first-order valence-electron chi connectivity index (χ1n) is 5.37. The summed E-state index contributed by atoms with van der Waals surface area (Å²) < 4.78 is 0.890. The van der Waals surface area contributed by atoms with E-state index in [1.165, 1.54) is 19.9 Å². The van der Waals surface area contributed by atoms with E-state index in [0.29, 0.717) is 0 Å². The second-order valence-corrected chi connectivity index (χ2v) is 5.25. The molecule has 6 nitrogen and oxygen atoms in total. The smallest absolute Gasteiger partial charge is 0.268 e. The maximum Gasteiger partial charge on any atom is 0.268 e. The molecule has 0 bridgehead atoms. The lowest BCUT2D eigenvalue weighted by molar-refractivity contribution is -0.492. The molecular formula is C11H13Cl2N3O3. The molecule has 1 N–H and O–H groups in total. The summed E-state index contributed by atoms with van der Waals surface area (Å²) in [5.41, 5.74) is 1.56. The van der Waals surface area contributed by atoms with Crippen LogP contribution in [-0.4, -0.2) is 27.4 Å². The quantitative estimate of drug-likeness (QED) is 0.515. The third-order valence-corrected chi connectivity index (χ3v) is 3.24. The molecule has 0 radical (unpaired) electrons. The second kappa shape index (κ2) is 6.18. The van der Waals surface area contributed by atoms with Gasteiger partial charge in [0, 0.05) is 16.7 Å². The van der Waals surface area contributed by atoms with E-state index >= 15 is 0 Å². The highest BCUT2D eigenvalue weighted by Crippen LogP contribution is 2.18. The fourth-order valence-corrected chi connectivity index (χ4v) is 1.68. The Labute approximate surface area is 120 Å². The van der Waals surface area contributed by atoms with Crippen LogP contribution in [0, 0.1) is 10.1 Å². The van der Waals surface area contributed by atoms with Gasteiger partial charge in [-0.05, 0) is 26.0 Å². The molecule has 1 aromatic rings. The molecule has 19 heavy (non-hydrogen) atoms. The zero-order valence-electron chi connectivity index (χ0n) is 10.4. The summed E-state index contributed by atoms with van der Waals surface area (Å²) in [6.07, 6.45) is 0. The largest absolute Gasteiger partial charge is 0.270 e. The van der Waals surface area contributed by atoms with Crippen molar-refractivity contribution in [1.82, 2.24) is 9.95 Å². The number of carbonyl (C=O) groups excluding carboxylic acids is 1. The number of benzene rings is 1. The second-order valence-electron chi connectivity index (χ2n) is 4.50. The van der Waals surface area contributed by atoms with Gasteiger partial charge in [-0.3, -0.25) is 20.3 Å². The highest BCUT2D eigenvalue weighted by atomic mass is 35.5. The van der Waals surface area contributed by atoms with Crippen molar-refractivity contribution >= 4 is 29.3 Å². The first kappa shape index (κ1) is 15.7. The summed E-state index contributed by atoms with van der Waals surface area (Å²) in [6.45, 7) is 2.66. The summed E-state index contributed by atoms with van der Waals surface area (Å²) >= 11 is 11.7. The molecule has 1 rings (SSSR count). The van der Waals surface area contributed by atoms with Gasteiger partial charge in [-0.1, -0.05) is 23.7 Å². The molecule has 0 aliphatic heterocycles. The standard InChI is InChI=1S/C11H13Cl2N3O3/c1-11(2,7-15(18)19)16(13)14-10(17)8-5-3-4-6-9(8)12/h3-6H,7H2,1-2H3,(H,14,17). The number of hydrogen-bond donors (Lipinski definition) is 1. The van der Waals surface area contributed by atoms with Gasteiger partial charge in [0.05, 0.1) is 10.6 Å². The Hall–Kier alpha value is -1.37. The van der Waals surface area contributed by atoms with E-state index in [1.54, 1.807) is 18.2 Å². The van der Waals surface area contributed by atoms with E-state index in [4.69, 9.17) is 23.4 Å². The van der Waals surface area contributed by atoms with Gasteiger partial charge < -0.3 is 0 Å². The molecule has 0 aliphatic rings. The number of rotatable bonds is 5. The number of amides is 1. The lowest BCUT2D eigenvalue weighted by Gasteiger charge is -2.29. The monoisotopic (exact) mass is 305 g/mol. The third-order valence-electron chi connectivity index (χ3n) is 2.37. The fraction of sp³-hybridized carbons (Fsp3) is 0.364. The number of carbonyl (C=O) groups is 1. The van der Waals surface area contributed by atoms with Crippen molar-refractivity contribution in [3.8, 4) is 0 Å². The molecular weight excluding hydrogens is 293 g/mol. The Balaban J connectivity index is 2.77. The van der Waals surface area contributed by atoms with Crippen LogP contribution in [-0.2, 0) is 0 Å². The van der Waals surface area contributed by atoms with E-state index in [9.17, 15) is 14.9 Å². The van der Waals surface area contributed by atoms with E-state index in [-0.39, 0.29) is 10.6 Å². The van der Waals surface area contributed by atoms with Crippen LogP contribution in [0.1, 0.15) is 24.2 Å². The van der Waals surface area contributed by atoms with Crippen LogP contribution < -0.4 is 5.43 Å². The van der Waals surface area contributed by atoms with Crippen LogP contribution in [0.3, 0.4) is 0 Å². The van der Waals surface area contributed by atoms with Crippen LogP contribution in [0.4, 0.5) is 0 Å². The lowest BCUT2D eigenvalue weighted by Crippen LogP contribution is -2.52. The van der Waals surface area contributed by atoms with Crippen molar-refractivity contribution in [3.63, 3.8) is 0 Å². The minimum atomic E-state index is -1.04. The van der Waals surface area contributed by atoms with Crippen molar-refractivity contribution in [3.05, 3.63) is 45.0 Å². The Bertz CT molecular complexity index is 494. The average molecular weight is 306 g/mol. The number of halogens is 2. The minimum Gasteiger partial charge on any atom is -0.270 e. The first-order chi connectivity index (χ1) is 8.74. The zero-order chi connectivity index (χ0) is 14.6. The molecule has 0 unspecified atom stereocenters. The Morgan fingerprint density at radius 1 is 1.47 bits per heavy atom. The SMILES string of the molecule is CC(C)(C[N+](=O)[O-])N(Cl)NC(=O)c1ccccc1Cl. The maximum absolute atomic E-state index is 11.9. The fourth-order valence-electron chi connectivity index (χ4n) is 1.32. The Morgan fingerprint density at radius 2 is 2.05 bits per heavy atom. The average Bonchev–Trinajstić information content (AvgIpc) is 2.27. The highest BCUT2D eigenvalue weighted by Gasteiger charge is 2.33. The molecule has 0 spiro atoms. The Kier molecular flexibility index (Phi) is 5.11. The molecule has 1 amide bonds. The molecule has 1 aromatic carbocycles. The molecule has 0 saturated carbocycles. The normalized spacial score (nSPS) is 11.4. The lowest BCUT2D eigenvalue weighted by atomic mass is 10.1. The van der Waals surface area contributed by atoms with Gasteiger partial charge in [0.15, 0.2) is 0 Å². The highest BCUT2D eigenvalue weighted by molar-refractivity contribution is 6.33. The number of hydrogen-bond acceptors (Lipinski definition) is 4. The van der Waals surface area contributed by atoms with E-state index < -0.39 is 22.9 Å². The van der Waals surface area contributed by atoms with Crippen LogP contribution in [0.25, 0.3) is 0 Å². The zero-order valence-corrected chi connectivity index (χ0v) is 11.9. The molecule has 0 atom stereocenters. The molecule has 8 heteroatoms. The molecule has 0 saturated heterocycles. The summed E-state index contributed by atoms with van der Waals surface area (Å²) in [7, 11) is 0. The molecule has 0 fully saturated rings. The minimum absolute atomic E-state index is 0.242. The van der Waals surface area contributed by atoms with Crippen molar-refractivity contribution in [2.45, 2.75) is 19.4 Å². The predicted molar refractivity (Wildman–Crippen MR) is 72.6 cm³/mol. The third kappa shape index (κ3) is 4.34. The molecule has 0 aromatic heterocycles. The van der Waals surface area contributed by atoms with E-state index in [1.807, 2.05) is 0 Å². The summed E-state index contributed by atoms with van der Waals surface area (Å²) in [4.78, 5) is 21.9. The van der Waals surface area contributed by atoms with Crippen molar-refractivity contribution in [2.24, 2.45) is 0 Å². The van der Waals surface area contributed by atoms with Gasteiger partial charge in [0.25, 0.3) is 5.91 Å². The molecule has 0 heterocycles. The topological polar surface area (TPSA) is 75.5 Å². The van der Waals surface area contributed by atoms with Gasteiger partial charge in [-0.25, -0.2) is 0 Å². The van der Waals surface area contributed by atoms with Gasteiger partial charge >= 0.3 is 0 Å². The van der Waals surface area contributed by atoms with Gasteiger partial charge in [-0.15, -0.1) is 4.53 Å². The van der Waals surface area contributed by atoms with Crippen LogP contribution in [0.2, 0.25) is 5.02 Å². The predicted octanol–water partition coefficient (Wildman–Crippen LogP) is 2.50. The van der Waals surface area contributed by atoms with Crippen molar-refractivity contribution in [2.75, 3.05) is 6.54 Å². The van der Waals surface area contributed by atoms with Crippen molar-refractivity contribution in [1.29, 1.82) is 0 Å². The summed E-state index contributed by atoms with van der Waals surface area (Å²) in [6, 6.07) is 6.44. The van der Waals surface area contributed by atoms with Gasteiger partial charge in [-0.2, -0.15) is 0 Å². The number of nitrogens with zero attached hydrogens (tertiary/aromatic N) is 2. The Morgan fingerprint density at radius 3 is 2.58 bits per heavy atom.